The Labute approximate surface area is 121 Å². The molecule has 0 unspecified atom stereocenters. The van der Waals surface area contributed by atoms with Gasteiger partial charge in [0.25, 0.3) is 0 Å². The molecule has 0 bridgehead atoms. The van der Waals surface area contributed by atoms with Crippen molar-refractivity contribution < 1.29 is 4.74 Å². The average molecular weight is 283 g/mol. The lowest BCUT2D eigenvalue weighted by atomic mass is 10.1. The Hall–Kier alpha value is -2.34. The second kappa shape index (κ2) is 6.72. The van der Waals surface area contributed by atoms with Crippen LogP contribution in [0.4, 0.5) is 5.69 Å². The minimum atomic E-state index is 0.586. The molecule has 4 nitrogen and oxygen atoms in total. The van der Waals surface area contributed by atoms with Gasteiger partial charge in [0.15, 0.2) is 0 Å². The standard InChI is InChI=1S/C15H13N3OS/c1-19-7-6-18-14-4-2-11(8-12(14)9-16)15-5-3-13(10-17)20-15/h2-5,8,18H,6-7H2,1H3. The molecule has 0 fully saturated rings. The van der Waals surface area contributed by atoms with Gasteiger partial charge in [-0.2, -0.15) is 10.5 Å². The summed E-state index contributed by atoms with van der Waals surface area (Å²) in [5, 5.41) is 21.2. The third kappa shape index (κ3) is 3.16. The van der Waals surface area contributed by atoms with Gasteiger partial charge >= 0.3 is 0 Å². The summed E-state index contributed by atoms with van der Waals surface area (Å²) in [6, 6.07) is 13.7. The van der Waals surface area contributed by atoms with Crippen molar-refractivity contribution in [3.8, 4) is 22.6 Å². The molecule has 2 rings (SSSR count). The van der Waals surface area contributed by atoms with Gasteiger partial charge in [0.2, 0.25) is 0 Å². The minimum absolute atomic E-state index is 0.586. The van der Waals surface area contributed by atoms with E-state index < -0.39 is 0 Å². The number of methoxy groups -OCH3 is 1. The molecule has 0 atom stereocenters. The summed E-state index contributed by atoms with van der Waals surface area (Å²) in [5.74, 6) is 0. The van der Waals surface area contributed by atoms with Crippen LogP contribution in [-0.4, -0.2) is 20.3 Å². The first-order valence-electron chi connectivity index (χ1n) is 6.05. The number of anilines is 1. The molecular formula is C15H13N3OS. The zero-order valence-electron chi connectivity index (χ0n) is 11.0. The summed E-state index contributed by atoms with van der Waals surface area (Å²) >= 11 is 1.42. The highest BCUT2D eigenvalue weighted by Crippen LogP contribution is 2.30. The van der Waals surface area contributed by atoms with Crippen LogP contribution in [0.15, 0.2) is 30.3 Å². The van der Waals surface area contributed by atoms with Gasteiger partial charge in [-0.25, -0.2) is 0 Å². The normalized spacial score (nSPS) is 9.75. The SMILES string of the molecule is COCCNc1ccc(-c2ccc(C#N)s2)cc1C#N. The highest BCUT2D eigenvalue weighted by Gasteiger charge is 2.07. The lowest BCUT2D eigenvalue weighted by Crippen LogP contribution is -2.08. The van der Waals surface area contributed by atoms with Crippen molar-refractivity contribution in [2.45, 2.75) is 0 Å². The van der Waals surface area contributed by atoms with Crippen LogP contribution in [0.25, 0.3) is 10.4 Å². The van der Waals surface area contributed by atoms with Crippen LogP contribution in [0, 0.1) is 22.7 Å². The number of benzene rings is 1. The van der Waals surface area contributed by atoms with Gasteiger partial charge in [-0.3, -0.25) is 0 Å². The van der Waals surface area contributed by atoms with Crippen molar-refractivity contribution >= 4 is 17.0 Å². The lowest BCUT2D eigenvalue weighted by molar-refractivity contribution is 0.211. The average Bonchev–Trinajstić information content (AvgIpc) is 2.96. The summed E-state index contributed by atoms with van der Waals surface area (Å²) < 4.78 is 4.97. The summed E-state index contributed by atoms with van der Waals surface area (Å²) in [6.45, 7) is 1.24. The summed E-state index contributed by atoms with van der Waals surface area (Å²) in [4.78, 5) is 1.65. The molecule has 1 N–H and O–H groups in total. The number of hydrogen-bond donors (Lipinski definition) is 1. The van der Waals surface area contributed by atoms with Crippen LogP contribution in [0.3, 0.4) is 0 Å². The number of nitrogens with one attached hydrogen (secondary N) is 1. The predicted molar refractivity (Wildman–Crippen MR) is 79.6 cm³/mol. The highest BCUT2D eigenvalue weighted by molar-refractivity contribution is 7.16. The van der Waals surface area contributed by atoms with Gasteiger partial charge < -0.3 is 10.1 Å². The first-order chi connectivity index (χ1) is 9.78. The van der Waals surface area contributed by atoms with E-state index in [1.807, 2.05) is 24.3 Å². The molecule has 1 aromatic heterocycles. The first-order valence-corrected chi connectivity index (χ1v) is 6.87. The highest BCUT2D eigenvalue weighted by atomic mass is 32.1. The maximum atomic E-state index is 9.23. The molecule has 0 aliphatic rings. The van der Waals surface area contributed by atoms with E-state index in [4.69, 9.17) is 10.00 Å². The number of nitrogens with zero attached hydrogens (tertiary/aromatic N) is 2. The molecule has 0 spiro atoms. The summed E-state index contributed by atoms with van der Waals surface area (Å²) in [5.41, 5.74) is 2.33. The van der Waals surface area contributed by atoms with Crippen LogP contribution in [0.1, 0.15) is 10.4 Å². The molecule has 20 heavy (non-hydrogen) atoms. The van der Waals surface area contributed by atoms with E-state index in [9.17, 15) is 5.26 Å². The Morgan fingerprint density at radius 2 is 2.05 bits per heavy atom. The second-order valence-electron chi connectivity index (χ2n) is 4.07. The maximum absolute atomic E-state index is 9.23. The molecule has 0 saturated carbocycles. The van der Waals surface area contributed by atoms with Crippen molar-refractivity contribution in [3.63, 3.8) is 0 Å². The van der Waals surface area contributed by atoms with E-state index in [-0.39, 0.29) is 0 Å². The van der Waals surface area contributed by atoms with Crippen molar-refractivity contribution in [2.24, 2.45) is 0 Å². The second-order valence-corrected chi connectivity index (χ2v) is 5.15. The molecule has 5 heteroatoms. The largest absolute Gasteiger partial charge is 0.383 e. The quantitative estimate of drug-likeness (QED) is 0.855. The van der Waals surface area contributed by atoms with Gasteiger partial charge in [-0.1, -0.05) is 6.07 Å². The van der Waals surface area contributed by atoms with Crippen molar-refractivity contribution in [3.05, 3.63) is 40.8 Å². The third-order valence-corrected chi connectivity index (χ3v) is 3.80. The molecule has 0 aliphatic carbocycles. The zero-order valence-corrected chi connectivity index (χ0v) is 11.8. The van der Waals surface area contributed by atoms with Crippen LogP contribution in [0.5, 0.6) is 0 Å². The number of hydrogen-bond acceptors (Lipinski definition) is 5. The minimum Gasteiger partial charge on any atom is -0.383 e. The smallest absolute Gasteiger partial charge is 0.110 e. The van der Waals surface area contributed by atoms with E-state index in [1.165, 1.54) is 11.3 Å². The predicted octanol–water partition coefficient (Wildman–Crippen LogP) is 3.22. The van der Waals surface area contributed by atoms with Crippen LogP contribution >= 0.6 is 11.3 Å². The van der Waals surface area contributed by atoms with Gasteiger partial charge in [-0.05, 0) is 29.8 Å². The Kier molecular flexibility index (Phi) is 4.73. The van der Waals surface area contributed by atoms with Crippen molar-refractivity contribution in [1.82, 2.24) is 0 Å². The van der Waals surface area contributed by atoms with E-state index in [2.05, 4.69) is 17.5 Å². The van der Waals surface area contributed by atoms with Crippen LogP contribution < -0.4 is 5.32 Å². The van der Waals surface area contributed by atoms with E-state index in [1.54, 1.807) is 13.2 Å². The van der Waals surface area contributed by atoms with Gasteiger partial charge in [0.05, 0.1) is 17.9 Å². The van der Waals surface area contributed by atoms with E-state index in [0.29, 0.717) is 23.6 Å². The van der Waals surface area contributed by atoms with E-state index >= 15 is 0 Å². The Bertz CT molecular complexity index is 679. The molecule has 100 valence electrons. The van der Waals surface area contributed by atoms with Crippen molar-refractivity contribution in [2.75, 3.05) is 25.6 Å². The molecule has 1 heterocycles. The molecule has 0 amide bonds. The summed E-state index contributed by atoms with van der Waals surface area (Å²) in [7, 11) is 1.64. The third-order valence-electron chi connectivity index (χ3n) is 2.76. The zero-order chi connectivity index (χ0) is 14.4. The van der Waals surface area contributed by atoms with Gasteiger partial charge in [0.1, 0.15) is 17.0 Å². The van der Waals surface area contributed by atoms with Gasteiger partial charge in [0, 0.05) is 18.5 Å². The number of nitriles is 2. The topological polar surface area (TPSA) is 68.8 Å². The van der Waals surface area contributed by atoms with Crippen LogP contribution in [0.2, 0.25) is 0 Å². The summed E-state index contributed by atoms with van der Waals surface area (Å²) in [6.07, 6.45) is 0. The lowest BCUT2D eigenvalue weighted by Gasteiger charge is -2.08. The van der Waals surface area contributed by atoms with Gasteiger partial charge in [-0.15, -0.1) is 11.3 Å². The Morgan fingerprint density at radius 3 is 2.70 bits per heavy atom. The maximum Gasteiger partial charge on any atom is 0.110 e. The number of ether oxygens (including phenoxy) is 1. The molecule has 0 radical (unpaired) electrons. The molecule has 0 saturated heterocycles. The number of rotatable bonds is 5. The fraction of sp³-hybridized carbons (Fsp3) is 0.200. The monoisotopic (exact) mass is 283 g/mol. The molecular weight excluding hydrogens is 270 g/mol. The van der Waals surface area contributed by atoms with Crippen LogP contribution in [-0.2, 0) is 4.74 Å². The number of thiophene rings is 1. The molecule has 1 aromatic carbocycles. The Balaban J connectivity index is 2.25. The first kappa shape index (κ1) is 14.1. The Morgan fingerprint density at radius 1 is 1.20 bits per heavy atom. The fourth-order valence-electron chi connectivity index (χ4n) is 1.79. The molecule has 2 aromatic rings. The molecule has 0 aliphatic heterocycles. The van der Waals surface area contributed by atoms with Crippen molar-refractivity contribution in [1.29, 1.82) is 10.5 Å². The van der Waals surface area contributed by atoms with E-state index in [0.717, 1.165) is 16.1 Å². The fourth-order valence-corrected chi connectivity index (χ4v) is 2.58.